The van der Waals surface area contributed by atoms with Crippen LogP contribution in [-0.2, 0) is 28.6 Å². The molecule has 0 spiro atoms. The summed E-state index contributed by atoms with van der Waals surface area (Å²) in [7, 11) is -3.90. The summed E-state index contributed by atoms with van der Waals surface area (Å²) in [5.41, 5.74) is -0.749. The fraction of sp³-hybridized carbons (Fsp3) is 0.192. The maximum atomic E-state index is 15.4. The highest BCUT2D eigenvalue weighted by Crippen LogP contribution is 2.27. The molecule has 14 heteroatoms. The monoisotopic (exact) mass is 574 g/mol. The second-order valence-electron chi connectivity index (χ2n) is 7.90. The zero-order chi connectivity index (χ0) is 29.1. The molecule has 3 rings (SSSR count). The van der Waals surface area contributed by atoms with E-state index >= 15 is 4.39 Å². The van der Waals surface area contributed by atoms with Gasteiger partial charge in [0.25, 0.3) is 5.69 Å². The molecule has 0 fully saturated rings. The van der Waals surface area contributed by atoms with E-state index in [1.165, 1.54) is 48.5 Å². The third-order valence-electron chi connectivity index (χ3n) is 5.21. The van der Waals surface area contributed by atoms with Crippen LogP contribution in [0, 0.1) is 10.1 Å². The van der Waals surface area contributed by atoms with Gasteiger partial charge in [0.15, 0.2) is 23.3 Å². The number of ether oxygens (including phenoxy) is 2. The highest BCUT2D eigenvalue weighted by atomic mass is 32.2. The number of nitro groups is 1. The lowest BCUT2D eigenvalue weighted by atomic mass is 10.1. The van der Waals surface area contributed by atoms with Crippen molar-refractivity contribution in [2.75, 3.05) is 13.7 Å². The molecule has 0 saturated heterocycles. The molecule has 0 unspecified atom stereocenters. The fourth-order valence-corrected chi connectivity index (χ4v) is 4.58. The van der Waals surface area contributed by atoms with Crippen molar-refractivity contribution in [3.63, 3.8) is 0 Å². The van der Waals surface area contributed by atoms with E-state index in [9.17, 15) is 28.1 Å². The first kappa shape index (κ1) is 29.9. The Kier molecular flexibility index (Phi) is 10.4. The number of oxime groups is 1. The molecule has 0 radical (unpaired) electrons. The van der Waals surface area contributed by atoms with Crippen molar-refractivity contribution in [3.8, 4) is 0 Å². The molecule has 0 aromatic heterocycles. The van der Waals surface area contributed by atoms with E-state index in [1.54, 1.807) is 24.3 Å². The van der Waals surface area contributed by atoms with Gasteiger partial charge in [0.05, 0.1) is 22.3 Å². The Balaban J connectivity index is 2.01. The molecule has 40 heavy (non-hydrogen) atoms. The van der Waals surface area contributed by atoms with Crippen LogP contribution in [0.1, 0.15) is 20.7 Å². The molecule has 0 saturated carbocycles. The highest BCUT2D eigenvalue weighted by molar-refractivity contribution is 7.87. The number of hydrogen-bond acceptors (Lipinski definition) is 11. The molecule has 0 aliphatic carbocycles. The summed E-state index contributed by atoms with van der Waals surface area (Å²) >= 11 is 0. The second-order valence-corrected chi connectivity index (χ2v) is 9.44. The number of carbonyl (C=O) groups is 2. The lowest BCUT2D eigenvalue weighted by Gasteiger charge is -2.27. The number of carbonyl (C=O) groups excluding carboxylic acids is 2. The lowest BCUT2D eigenvalue weighted by molar-refractivity contribution is -0.387. The Hall–Kier alpha value is -4.69. The zero-order valence-electron chi connectivity index (χ0n) is 20.9. The Morgan fingerprint density at radius 2 is 1.50 bits per heavy atom. The highest BCUT2D eigenvalue weighted by Gasteiger charge is 2.40. The van der Waals surface area contributed by atoms with Gasteiger partial charge in [-0.3, -0.25) is 14.3 Å². The van der Waals surface area contributed by atoms with Crippen molar-refractivity contribution in [1.82, 2.24) is 0 Å². The Bertz CT molecular complexity index is 1450. The number of nitro benzene ring substituents is 1. The first-order valence-corrected chi connectivity index (χ1v) is 12.9. The third-order valence-corrected chi connectivity index (χ3v) is 6.60. The number of hydrogen-bond donors (Lipinski definition) is 0. The van der Waals surface area contributed by atoms with E-state index < -0.39 is 62.5 Å². The summed E-state index contributed by atoms with van der Waals surface area (Å²) in [6.07, 6.45) is -5.86. The third kappa shape index (κ3) is 7.91. The van der Waals surface area contributed by atoms with Gasteiger partial charge in [-0.2, -0.15) is 8.42 Å². The summed E-state index contributed by atoms with van der Waals surface area (Å²) in [4.78, 5) is 39.5. The Morgan fingerprint density at radius 1 is 0.950 bits per heavy atom. The predicted molar refractivity (Wildman–Crippen MR) is 138 cm³/mol. The zero-order valence-corrected chi connectivity index (χ0v) is 21.7. The number of alkyl halides is 1. The molecule has 0 aliphatic heterocycles. The van der Waals surface area contributed by atoms with Crippen LogP contribution in [0.15, 0.2) is 95.0 Å². The molecule has 0 bridgehead atoms. The molecular formula is C26H23FN2O10S. The molecule has 12 nitrogen and oxygen atoms in total. The molecule has 3 aromatic rings. The largest absolute Gasteiger partial charge is 0.459 e. The second kappa shape index (κ2) is 13.9. The van der Waals surface area contributed by atoms with E-state index in [4.69, 9.17) is 13.7 Å². The van der Waals surface area contributed by atoms with Gasteiger partial charge in [0.1, 0.15) is 13.7 Å². The topological polar surface area (TPSA) is 161 Å². The SMILES string of the molecule is CON=C[C@@H](F)[C@H](OC(=O)c1ccccc1)[C@@H](COC(=O)c1ccccc1)OS(=O)(=O)c1ccccc1[N+](=O)[O-]. The van der Waals surface area contributed by atoms with Crippen LogP contribution in [0.25, 0.3) is 0 Å². The van der Waals surface area contributed by atoms with E-state index in [0.717, 1.165) is 19.2 Å². The van der Waals surface area contributed by atoms with Crippen LogP contribution in [-0.4, -0.2) is 63.6 Å². The van der Waals surface area contributed by atoms with Crippen LogP contribution in [0.5, 0.6) is 0 Å². The van der Waals surface area contributed by atoms with Crippen molar-refractivity contribution in [2.45, 2.75) is 23.3 Å². The van der Waals surface area contributed by atoms with Crippen molar-refractivity contribution in [1.29, 1.82) is 0 Å². The smallest absolute Gasteiger partial charge is 0.338 e. The maximum Gasteiger partial charge on any atom is 0.338 e. The first-order chi connectivity index (χ1) is 19.1. The van der Waals surface area contributed by atoms with Gasteiger partial charge in [-0.25, -0.2) is 14.0 Å². The van der Waals surface area contributed by atoms with Gasteiger partial charge in [-0.15, -0.1) is 0 Å². The summed E-state index contributed by atoms with van der Waals surface area (Å²) in [5, 5.41) is 14.7. The minimum absolute atomic E-state index is 0.00929. The van der Waals surface area contributed by atoms with E-state index in [0.29, 0.717) is 6.21 Å². The van der Waals surface area contributed by atoms with Gasteiger partial charge in [0, 0.05) is 6.07 Å². The van der Waals surface area contributed by atoms with Crippen LogP contribution >= 0.6 is 0 Å². The first-order valence-electron chi connectivity index (χ1n) is 11.5. The van der Waals surface area contributed by atoms with Crippen molar-refractivity contribution in [3.05, 3.63) is 106 Å². The van der Waals surface area contributed by atoms with E-state index in [-0.39, 0.29) is 11.1 Å². The minimum Gasteiger partial charge on any atom is -0.459 e. The minimum atomic E-state index is -5.01. The Morgan fingerprint density at radius 3 is 2.08 bits per heavy atom. The number of nitrogens with zero attached hydrogens (tertiary/aromatic N) is 2. The molecule has 3 atom stereocenters. The lowest BCUT2D eigenvalue weighted by Crippen LogP contribution is -2.45. The average molecular weight is 575 g/mol. The average Bonchev–Trinajstić information content (AvgIpc) is 2.97. The predicted octanol–water partition coefficient (Wildman–Crippen LogP) is 3.72. The van der Waals surface area contributed by atoms with Crippen molar-refractivity contribution >= 4 is 34.0 Å². The standard InChI is InChI=1S/C26H23FN2O10S/c1-36-28-16-20(27)24(38-26(31)19-12-6-3-7-13-19)22(17-37-25(30)18-10-4-2-5-11-18)39-40(34,35)23-15-9-8-14-21(23)29(32)33/h2-16,20,22,24H,17H2,1H3/t20-,22-,24+/m1/s1. The van der Waals surface area contributed by atoms with Crippen LogP contribution in [0.2, 0.25) is 0 Å². The number of rotatable bonds is 13. The van der Waals surface area contributed by atoms with Crippen molar-refractivity contribution in [2.24, 2.45) is 5.16 Å². The normalized spacial score (nSPS) is 13.7. The van der Waals surface area contributed by atoms with Gasteiger partial charge in [0.2, 0.25) is 0 Å². The maximum absolute atomic E-state index is 15.4. The van der Waals surface area contributed by atoms with Crippen LogP contribution < -0.4 is 0 Å². The number of benzene rings is 3. The molecule has 0 heterocycles. The van der Waals surface area contributed by atoms with E-state index in [1.807, 2.05) is 0 Å². The number of para-hydroxylation sites is 1. The quantitative estimate of drug-likeness (QED) is 0.0967. The van der Waals surface area contributed by atoms with Crippen LogP contribution in [0.3, 0.4) is 0 Å². The Labute approximate surface area is 228 Å². The van der Waals surface area contributed by atoms with Crippen LogP contribution in [0.4, 0.5) is 10.1 Å². The van der Waals surface area contributed by atoms with Crippen molar-refractivity contribution < 1.29 is 45.8 Å². The number of esters is 2. The molecule has 210 valence electrons. The molecule has 0 aliphatic rings. The summed E-state index contributed by atoms with van der Waals surface area (Å²) in [5.74, 6) is -1.99. The van der Waals surface area contributed by atoms with Gasteiger partial charge in [-0.05, 0) is 30.3 Å². The van der Waals surface area contributed by atoms with E-state index in [2.05, 4.69) is 9.99 Å². The summed E-state index contributed by atoms with van der Waals surface area (Å²) < 4.78 is 57.4. The molecular weight excluding hydrogens is 551 g/mol. The molecule has 0 N–H and O–H groups in total. The molecule has 0 amide bonds. The van der Waals surface area contributed by atoms with Gasteiger partial charge in [-0.1, -0.05) is 53.7 Å². The fourth-order valence-electron chi connectivity index (χ4n) is 3.34. The van der Waals surface area contributed by atoms with Gasteiger partial charge >= 0.3 is 22.1 Å². The molecule has 3 aromatic carbocycles. The summed E-state index contributed by atoms with van der Waals surface area (Å²) in [6.45, 7) is -0.943. The van der Waals surface area contributed by atoms with Gasteiger partial charge < -0.3 is 14.3 Å². The summed E-state index contributed by atoms with van der Waals surface area (Å²) in [6, 6.07) is 19.2. The number of halogens is 1.